The maximum atomic E-state index is 11.7. The van der Waals surface area contributed by atoms with Crippen LogP contribution in [-0.4, -0.2) is 44.6 Å². The zero-order valence-corrected chi connectivity index (χ0v) is 12.4. The number of benzene rings is 1. The summed E-state index contributed by atoms with van der Waals surface area (Å²) in [6.45, 7) is 2.11. The third-order valence-electron chi connectivity index (χ3n) is 2.78. The Labute approximate surface area is 121 Å². The average Bonchev–Trinajstić information content (AvgIpc) is 2.39. The van der Waals surface area contributed by atoms with Crippen LogP contribution >= 0.6 is 0 Å². The molecule has 0 bridgehead atoms. The number of anilines is 1. The summed E-state index contributed by atoms with van der Waals surface area (Å²) in [5, 5.41) is 2.87. The molecule has 112 valence electrons. The SMILES string of the molecule is CN(C)CCOc1cccc(NC(=O)CCCCN)c1. The molecule has 3 N–H and O–H groups in total. The number of hydrogen-bond donors (Lipinski definition) is 2. The number of carbonyl (C=O) groups is 1. The van der Waals surface area contributed by atoms with E-state index in [2.05, 4.69) is 10.2 Å². The summed E-state index contributed by atoms with van der Waals surface area (Å²) in [5.74, 6) is 0.787. The minimum absolute atomic E-state index is 0.0175. The standard InChI is InChI=1S/C15H25N3O2/c1-18(2)10-11-20-14-7-5-6-13(12-14)17-15(19)8-3-4-9-16/h5-7,12H,3-4,8-11,16H2,1-2H3,(H,17,19). The normalized spacial score (nSPS) is 10.6. The van der Waals surface area contributed by atoms with E-state index in [9.17, 15) is 4.79 Å². The summed E-state index contributed by atoms with van der Waals surface area (Å²) in [7, 11) is 4.00. The van der Waals surface area contributed by atoms with Crippen molar-refractivity contribution in [1.29, 1.82) is 0 Å². The molecule has 0 aliphatic heterocycles. The number of nitrogens with zero attached hydrogens (tertiary/aromatic N) is 1. The van der Waals surface area contributed by atoms with Crippen molar-refractivity contribution in [2.75, 3.05) is 39.1 Å². The fraction of sp³-hybridized carbons (Fsp3) is 0.533. The minimum atomic E-state index is 0.0175. The molecule has 0 heterocycles. The molecule has 0 spiro atoms. The van der Waals surface area contributed by atoms with Crippen molar-refractivity contribution >= 4 is 11.6 Å². The highest BCUT2D eigenvalue weighted by Gasteiger charge is 2.03. The van der Waals surface area contributed by atoms with Gasteiger partial charge in [0.05, 0.1) is 0 Å². The number of carbonyl (C=O) groups excluding carboxylic acids is 1. The van der Waals surface area contributed by atoms with Crippen LogP contribution in [0.5, 0.6) is 5.75 Å². The van der Waals surface area contributed by atoms with Gasteiger partial charge >= 0.3 is 0 Å². The van der Waals surface area contributed by atoms with Gasteiger partial charge in [0.2, 0.25) is 5.91 Å². The molecule has 20 heavy (non-hydrogen) atoms. The van der Waals surface area contributed by atoms with Crippen LogP contribution in [-0.2, 0) is 4.79 Å². The van der Waals surface area contributed by atoms with Crippen molar-refractivity contribution in [2.45, 2.75) is 19.3 Å². The van der Waals surface area contributed by atoms with Crippen molar-refractivity contribution < 1.29 is 9.53 Å². The lowest BCUT2D eigenvalue weighted by molar-refractivity contribution is -0.116. The summed E-state index contributed by atoms with van der Waals surface area (Å²) in [6.07, 6.45) is 2.20. The predicted octanol–water partition coefficient (Wildman–Crippen LogP) is 1.69. The number of amides is 1. The van der Waals surface area contributed by atoms with Crippen LogP contribution in [0.4, 0.5) is 5.69 Å². The summed E-state index contributed by atoms with van der Waals surface area (Å²) in [5.41, 5.74) is 6.17. The fourth-order valence-corrected chi connectivity index (χ4v) is 1.66. The Bertz CT molecular complexity index is 408. The van der Waals surface area contributed by atoms with Crippen LogP contribution in [0.2, 0.25) is 0 Å². The zero-order chi connectivity index (χ0) is 14.8. The molecule has 1 aromatic carbocycles. The first-order chi connectivity index (χ1) is 9.61. The van der Waals surface area contributed by atoms with E-state index in [4.69, 9.17) is 10.5 Å². The quantitative estimate of drug-likeness (QED) is 0.675. The van der Waals surface area contributed by atoms with Crippen LogP contribution in [0.25, 0.3) is 0 Å². The molecule has 5 nitrogen and oxygen atoms in total. The van der Waals surface area contributed by atoms with E-state index in [1.807, 2.05) is 38.4 Å². The minimum Gasteiger partial charge on any atom is -0.492 e. The molecule has 0 aliphatic carbocycles. The van der Waals surface area contributed by atoms with Crippen molar-refractivity contribution in [3.8, 4) is 5.75 Å². The maximum Gasteiger partial charge on any atom is 0.224 e. The summed E-state index contributed by atoms with van der Waals surface area (Å²) < 4.78 is 5.63. The lowest BCUT2D eigenvalue weighted by atomic mass is 10.2. The van der Waals surface area contributed by atoms with Gasteiger partial charge in [0.25, 0.3) is 0 Å². The van der Waals surface area contributed by atoms with Gasteiger partial charge in [-0.1, -0.05) is 6.07 Å². The molecule has 0 fully saturated rings. The molecule has 0 unspecified atom stereocenters. The first-order valence-corrected chi connectivity index (χ1v) is 6.99. The third kappa shape index (κ3) is 7.11. The average molecular weight is 279 g/mol. The zero-order valence-electron chi connectivity index (χ0n) is 12.4. The van der Waals surface area contributed by atoms with Gasteiger partial charge in [-0.05, 0) is 45.6 Å². The van der Waals surface area contributed by atoms with E-state index in [1.165, 1.54) is 0 Å². The van der Waals surface area contributed by atoms with Gasteiger partial charge in [-0.3, -0.25) is 4.79 Å². The van der Waals surface area contributed by atoms with E-state index in [1.54, 1.807) is 0 Å². The second-order valence-electron chi connectivity index (χ2n) is 4.97. The maximum absolute atomic E-state index is 11.7. The number of nitrogens with one attached hydrogen (secondary N) is 1. The number of rotatable bonds is 9. The van der Waals surface area contributed by atoms with E-state index >= 15 is 0 Å². The molecule has 1 amide bonds. The largest absolute Gasteiger partial charge is 0.492 e. The van der Waals surface area contributed by atoms with Gasteiger partial charge in [-0.15, -0.1) is 0 Å². The van der Waals surface area contributed by atoms with Gasteiger partial charge in [-0.2, -0.15) is 0 Å². The summed E-state index contributed by atoms with van der Waals surface area (Å²) >= 11 is 0. The van der Waals surface area contributed by atoms with Crippen LogP contribution in [0.15, 0.2) is 24.3 Å². The lowest BCUT2D eigenvalue weighted by Crippen LogP contribution is -2.19. The van der Waals surface area contributed by atoms with Crippen molar-refractivity contribution in [1.82, 2.24) is 4.90 Å². The molecule has 5 heteroatoms. The number of likely N-dealkylation sites (N-methyl/N-ethyl adjacent to an activating group) is 1. The second-order valence-corrected chi connectivity index (χ2v) is 4.97. The van der Waals surface area contributed by atoms with E-state index in [0.29, 0.717) is 19.6 Å². The molecular weight excluding hydrogens is 254 g/mol. The van der Waals surface area contributed by atoms with E-state index in [-0.39, 0.29) is 5.91 Å². The topological polar surface area (TPSA) is 67.6 Å². The third-order valence-corrected chi connectivity index (χ3v) is 2.78. The number of hydrogen-bond acceptors (Lipinski definition) is 4. The highest BCUT2D eigenvalue weighted by Crippen LogP contribution is 2.17. The van der Waals surface area contributed by atoms with Crippen LogP contribution < -0.4 is 15.8 Å². The van der Waals surface area contributed by atoms with Crippen LogP contribution in [0.1, 0.15) is 19.3 Å². The Morgan fingerprint density at radius 3 is 2.85 bits per heavy atom. The van der Waals surface area contributed by atoms with E-state index in [0.717, 1.165) is 30.8 Å². The highest BCUT2D eigenvalue weighted by molar-refractivity contribution is 5.90. The van der Waals surface area contributed by atoms with Crippen molar-refractivity contribution in [2.24, 2.45) is 5.73 Å². The molecule has 0 radical (unpaired) electrons. The van der Waals surface area contributed by atoms with Crippen LogP contribution in [0, 0.1) is 0 Å². The highest BCUT2D eigenvalue weighted by atomic mass is 16.5. The lowest BCUT2D eigenvalue weighted by Gasteiger charge is -2.12. The molecule has 1 rings (SSSR count). The molecule has 0 atom stereocenters. The van der Waals surface area contributed by atoms with Gasteiger partial charge in [0, 0.05) is 24.7 Å². The fourth-order valence-electron chi connectivity index (χ4n) is 1.66. The number of ether oxygens (including phenoxy) is 1. The number of nitrogens with two attached hydrogens (primary N) is 1. The van der Waals surface area contributed by atoms with Crippen molar-refractivity contribution in [3.63, 3.8) is 0 Å². The van der Waals surface area contributed by atoms with Crippen molar-refractivity contribution in [3.05, 3.63) is 24.3 Å². The van der Waals surface area contributed by atoms with Gasteiger partial charge in [0.15, 0.2) is 0 Å². The molecule has 1 aromatic rings. The Morgan fingerprint density at radius 1 is 1.35 bits per heavy atom. The van der Waals surface area contributed by atoms with Gasteiger partial charge < -0.3 is 20.7 Å². The Morgan fingerprint density at radius 2 is 2.15 bits per heavy atom. The molecular formula is C15H25N3O2. The summed E-state index contributed by atoms with van der Waals surface area (Å²) in [4.78, 5) is 13.8. The summed E-state index contributed by atoms with van der Waals surface area (Å²) in [6, 6.07) is 7.47. The predicted molar refractivity (Wildman–Crippen MR) is 82.0 cm³/mol. The molecule has 0 saturated heterocycles. The smallest absolute Gasteiger partial charge is 0.224 e. The first kappa shape index (κ1) is 16.5. The Hall–Kier alpha value is -1.59. The van der Waals surface area contributed by atoms with Crippen LogP contribution in [0.3, 0.4) is 0 Å². The first-order valence-electron chi connectivity index (χ1n) is 6.99. The molecule has 0 aromatic heterocycles. The van der Waals surface area contributed by atoms with E-state index < -0.39 is 0 Å². The molecule has 0 saturated carbocycles. The molecule has 0 aliphatic rings. The Balaban J connectivity index is 2.40. The second kappa shape index (κ2) is 9.34. The van der Waals surface area contributed by atoms with Gasteiger partial charge in [0.1, 0.15) is 12.4 Å². The van der Waals surface area contributed by atoms with Gasteiger partial charge in [-0.25, -0.2) is 0 Å². The Kier molecular flexibility index (Phi) is 7.69. The monoisotopic (exact) mass is 279 g/mol. The number of unbranched alkanes of at least 4 members (excludes halogenated alkanes) is 1.